The first-order valence-electron chi connectivity index (χ1n) is 5.59. The summed E-state index contributed by atoms with van der Waals surface area (Å²) in [6.45, 7) is 2.02. The summed E-state index contributed by atoms with van der Waals surface area (Å²) in [7, 11) is 2.95. The average Bonchev–Trinajstić information content (AvgIpc) is 2.43. The Morgan fingerprint density at radius 2 is 1.79 bits per heavy atom. The number of benzene rings is 1. The van der Waals surface area contributed by atoms with Gasteiger partial charge in [0.25, 0.3) is 0 Å². The van der Waals surface area contributed by atoms with Crippen molar-refractivity contribution in [2.45, 2.75) is 6.92 Å². The van der Waals surface area contributed by atoms with E-state index < -0.39 is 0 Å². The molecule has 0 fully saturated rings. The molecule has 0 unspecified atom stereocenters. The van der Waals surface area contributed by atoms with Crippen molar-refractivity contribution >= 4 is 11.4 Å². The monoisotopic (exact) mass is 260 g/mol. The molecule has 100 valence electrons. The van der Waals surface area contributed by atoms with Crippen LogP contribution in [0.25, 0.3) is 0 Å². The Labute approximate surface area is 112 Å². The molecular formula is C14H16N2O3. The first kappa shape index (κ1) is 14.6. The highest BCUT2D eigenvalue weighted by molar-refractivity contribution is 6.47. The number of nitrogens with zero attached hydrogens (tertiary/aromatic N) is 2. The van der Waals surface area contributed by atoms with Gasteiger partial charge in [-0.15, -0.1) is 6.42 Å². The minimum atomic E-state index is 0.239. The lowest BCUT2D eigenvalue weighted by molar-refractivity contribution is 0.210. The van der Waals surface area contributed by atoms with Crippen molar-refractivity contribution in [2.24, 2.45) is 10.3 Å². The Balaban J connectivity index is 2.96. The standard InChI is InChI=1S/C14H16N2O3/c1-5-10-19-13-8-6-12(7-9-13)14(16-18-4)11(2)15-17-3/h1,6-9H,10H2,2-4H3. The molecule has 5 heteroatoms. The zero-order chi connectivity index (χ0) is 14.1. The second kappa shape index (κ2) is 7.77. The number of terminal acetylenes is 1. The van der Waals surface area contributed by atoms with Gasteiger partial charge >= 0.3 is 0 Å². The molecule has 1 aromatic rings. The van der Waals surface area contributed by atoms with Crippen LogP contribution in [0.3, 0.4) is 0 Å². The lowest BCUT2D eigenvalue weighted by Gasteiger charge is -2.07. The van der Waals surface area contributed by atoms with E-state index in [0.717, 1.165) is 5.56 Å². The zero-order valence-electron chi connectivity index (χ0n) is 11.2. The van der Waals surface area contributed by atoms with Crippen LogP contribution in [-0.2, 0) is 9.68 Å². The molecule has 5 nitrogen and oxygen atoms in total. The minimum absolute atomic E-state index is 0.239. The molecule has 0 atom stereocenters. The van der Waals surface area contributed by atoms with Crippen LogP contribution in [0.2, 0.25) is 0 Å². The second-order valence-corrected chi connectivity index (χ2v) is 3.50. The summed E-state index contributed by atoms with van der Waals surface area (Å²) in [4.78, 5) is 9.55. The number of ether oxygens (including phenoxy) is 1. The largest absolute Gasteiger partial charge is 0.481 e. The lowest BCUT2D eigenvalue weighted by atomic mass is 10.1. The number of hydrogen-bond donors (Lipinski definition) is 0. The van der Waals surface area contributed by atoms with Crippen LogP contribution < -0.4 is 4.74 Å². The van der Waals surface area contributed by atoms with Gasteiger partial charge in [0.2, 0.25) is 0 Å². The van der Waals surface area contributed by atoms with Gasteiger partial charge in [-0.1, -0.05) is 16.2 Å². The van der Waals surface area contributed by atoms with Crippen LogP contribution >= 0.6 is 0 Å². The molecule has 0 aliphatic rings. The average molecular weight is 260 g/mol. The maximum Gasteiger partial charge on any atom is 0.148 e. The van der Waals surface area contributed by atoms with E-state index in [-0.39, 0.29) is 6.61 Å². The van der Waals surface area contributed by atoms with E-state index in [0.29, 0.717) is 17.2 Å². The highest BCUT2D eigenvalue weighted by atomic mass is 16.6. The molecule has 19 heavy (non-hydrogen) atoms. The molecular weight excluding hydrogens is 244 g/mol. The number of hydrogen-bond acceptors (Lipinski definition) is 5. The fraction of sp³-hybridized carbons (Fsp3) is 0.286. The van der Waals surface area contributed by atoms with Crippen molar-refractivity contribution in [3.05, 3.63) is 29.8 Å². The molecule has 0 heterocycles. The van der Waals surface area contributed by atoms with Crippen molar-refractivity contribution in [3.8, 4) is 18.1 Å². The van der Waals surface area contributed by atoms with Crippen LogP contribution in [0, 0.1) is 12.3 Å². The van der Waals surface area contributed by atoms with Gasteiger partial charge in [0, 0.05) is 5.56 Å². The Morgan fingerprint density at radius 3 is 2.32 bits per heavy atom. The summed E-state index contributed by atoms with van der Waals surface area (Å²) in [5, 5.41) is 7.78. The first-order chi connectivity index (χ1) is 9.22. The van der Waals surface area contributed by atoms with Crippen molar-refractivity contribution in [2.75, 3.05) is 20.8 Å². The van der Waals surface area contributed by atoms with E-state index in [4.69, 9.17) is 20.8 Å². The van der Waals surface area contributed by atoms with E-state index in [2.05, 4.69) is 16.2 Å². The summed E-state index contributed by atoms with van der Waals surface area (Å²) in [6, 6.07) is 7.30. The smallest absolute Gasteiger partial charge is 0.148 e. The van der Waals surface area contributed by atoms with Gasteiger partial charge in [-0.2, -0.15) is 0 Å². The highest BCUT2D eigenvalue weighted by Crippen LogP contribution is 2.13. The fourth-order valence-corrected chi connectivity index (χ4v) is 1.43. The molecule has 1 aromatic carbocycles. The van der Waals surface area contributed by atoms with Crippen molar-refractivity contribution in [1.29, 1.82) is 0 Å². The van der Waals surface area contributed by atoms with Crippen LogP contribution in [-0.4, -0.2) is 32.2 Å². The molecule has 0 spiro atoms. The third kappa shape index (κ3) is 4.36. The zero-order valence-corrected chi connectivity index (χ0v) is 11.2. The SMILES string of the molecule is C#CCOc1ccc(C(=NOC)C(C)=NOC)cc1. The fourth-order valence-electron chi connectivity index (χ4n) is 1.43. The van der Waals surface area contributed by atoms with E-state index in [1.54, 1.807) is 19.1 Å². The summed E-state index contributed by atoms with van der Waals surface area (Å²) in [6.07, 6.45) is 5.13. The molecule has 0 saturated heterocycles. The quantitative estimate of drug-likeness (QED) is 0.447. The molecule has 0 saturated carbocycles. The van der Waals surface area contributed by atoms with Gasteiger partial charge in [-0.25, -0.2) is 0 Å². The Morgan fingerprint density at radius 1 is 1.16 bits per heavy atom. The molecule has 0 radical (unpaired) electrons. The molecule has 0 N–H and O–H groups in total. The maximum absolute atomic E-state index is 5.30. The first-order valence-corrected chi connectivity index (χ1v) is 5.59. The predicted octanol–water partition coefficient (Wildman–Crippen LogP) is 2.07. The normalized spacial score (nSPS) is 11.7. The third-order valence-electron chi connectivity index (χ3n) is 2.20. The highest BCUT2D eigenvalue weighted by Gasteiger charge is 2.09. The van der Waals surface area contributed by atoms with Gasteiger partial charge in [0.15, 0.2) is 0 Å². The van der Waals surface area contributed by atoms with Crippen LogP contribution in [0.5, 0.6) is 5.75 Å². The van der Waals surface area contributed by atoms with Crippen molar-refractivity contribution in [1.82, 2.24) is 0 Å². The van der Waals surface area contributed by atoms with E-state index in [9.17, 15) is 0 Å². The van der Waals surface area contributed by atoms with Crippen LogP contribution in [0.1, 0.15) is 12.5 Å². The van der Waals surface area contributed by atoms with E-state index >= 15 is 0 Å². The molecule has 0 aliphatic heterocycles. The predicted molar refractivity (Wildman–Crippen MR) is 74.4 cm³/mol. The number of oxime groups is 2. The summed E-state index contributed by atoms with van der Waals surface area (Å²) < 4.78 is 5.30. The molecule has 0 aliphatic carbocycles. The summed E-state index contributed by atoms with van der Waals surface area (Å²) in [5.74, 6) is 3.10. The number of rotatable bonds is 6. The topological polar surface area (TPSA) is 52.4 Å². The van der Waals surface area contributed by atoms with Gasteiger partial charge in [-0.3, -0.25) is 0 Å². The lowest BCUT2D eigenvalue weighted by Crippen LogP contribution is -2.13. The summed E-state index contributed by atoms with van der Waals surface area (Å²) >= 11 is 0. The van der Waals surface area contributed by atoms with Gasteiger partial charge in [0.05, 0.1) is 0 Å². The maximum atomic E-state index is 5.30. The molecule has 1 rings (SSSR count). The Kier molecular flexibility index (Phi) is 5.96. The molecule has 0 aromatic heterocycles. The van der Waals surface area contributed by atoms with Gasteiger partial charge in [-0.05, 0) is 31.2 Å². The second-order valence-electron chi connectivity index (χ2n) is 3.50. The van der Waals surface area contributed by atoms with Crippen molar-refractivity contribution in [3.63, 3.8) is 0 Å². The third-order valence-corrected chi connectivity index (χ3v) is 2.20. The van der Waals surface area contributed by atoms with Crippen molar-refractivity contribution < 1.29 is 14.4 Å². The minimum Gasteiger partial charge on any atom is -0.481 e. The molecule has 0 bridgehead atoms. The van der Waals surface area contributed by atoms with Gasteiger partial charge < -0.3 is 14.4 Å². The Bertz CT molecular complexity index is 498. The van der Waals surface area contributed by atoms with E-state index in [1.165, 1.54) is 14.2 Å². The van der Waals surface area contributed by atoms with Crippen LogP contribution in [0.15, 0.2) is 34.6 Å². The van der Waals surface area contributed by atoms with E-state index in [1.807, 2.05) is 12.1 Å². The Hall–Kier alpha value is -2.48. The summed E-state index contributed by atoms with van der Waals surface area (Å²) in [5.41, 5.74) is 2.04. The van der Waals surface area contributed by atoms with Crippen LogP contribution in [0.4, 0.5) is 0 Å². The van der Waals surface area contributed by atoms with Gasteiger partial charge in [0.1, 0.15) is 38.0 Å². The molecule has 0 amide bonds.